The molecule has 1 aromatic rings. The predicted octanol–water partition coefficient (Wildman–Crippen LogP) is 0.844. The molecule has 0 aliphatic rings. The second-order valence-corrected chi connectivity index (χ2v) is 2.58. The van der Waals surface area contributed by atoms with E-state index in [1.54, 1.807) is 18.5 Å². The molecular weight excluding hydrogens is 158 g/mol. The van der Waals surface area contributed by atoms with E-state index in [0.29, 0.717) is 12.0 Å². The van der Waals surface area contributed by atoms with Gasteiger partial charge in [0.15, 0.2) is 6.29 Å². The van der Waals surface area contributed by atoms with E-state index in [0.717, 1.165) is 0 Å². The first-order valence-corrected chi connectivity index (χ1v) is 3.42. The lowest BCUT2D eigenvalue weighted by Gasteiger charge is -1.95. The first kappa shape index (κ1) is 8.52. The number of carbonyl (C=O) groups is 2. The van der Waals surface area contributed by atoms with Gasteiger partial charge in [0, 0.05) is 24.5 Å². The molecule has 12 heavy (non-hydrogen) atoms. The number of carboxylic acid groups (broad SMARTS) is 1. The zero-order valence-electron chi connectivity index (χ0n) is 6.87. The van der Waals surface area contributed by atoms with Gasteiger partial charge in [0.1, 0.15) is 0 Å². The number of hydrogen-bond acceptors (Lipinski definition) is 2. The molecule has 0 bridgehead atoms. The summed E-state index contributed by atoms with van der Waals surface area (Å²) in [6, 6.07) is 0. The molecule has 1 rings (SSSR count). The Bertz CT molecular complexity index is 338. The standard InChI is InChI=1S/C8H9NO3/c1-5-7(8(11)12)6(4-10)3-9(5)2/h3-4H,1-2H3,(H,11,12). The minimum Gasteiger partial charge on any atom is -0.478 e. The fourth-order valence-corrected chi connectivity index (χ4v) is 1.12. The molecule has 0 fully saturated rings. The second kappa shape index (κ2) is 2.81. The monoisotopic (exact) mass is 167 g/mol. The van der Waals surface area contributed by atoms with E-state index in [-0.39, 0.29) is 11.1 Å². The summed E-state index contributed by atoms with van der Waals surface area (Å²) in [5, 5.41) is 8.72. The Labute approximate surface area is 69.4 Å². The molecule has 0 unspecified atom stereocenters. The molecule has 1 aromatic heterocycles. The molecule has 0 saturated heterocycles. The van der Waals surface area contributed by atoms with Crippen molar-refractivity contribution in [3.05, 3.63) is 23.0 Å². The van der Waals surface area contributed by atoms with Crippen molar-refractivity contribution in [1.29, 1.82) is 0 Å². The summed E-state index contributed by atoms with van der Waals surface area (Å²) in [6.07, 6.45) is 2.06. The summed E-state index contributed by atoms with van der Waals surface area (Å²) in [5.74, 6) is -1.06. The largest absolute Gasteiger partial charge is 0.478 e. The molecule has 0 aliphatic carbocycles. The van der Waals surface area contributed by atoms with Crippen molar-refractivity contribution >= 4 is 12.3 Å². The molecule has 1 N–H and O–H groups in total. The van der Waals surface area contributed by atoms with Gasteiger partial charge < -0.3 is 9.67 Å². The van der Waals surface area contributed by atoms with E-state index in [1.807, 2.05) is 0 Å². The lowest BCUT2D eigenvalue weighted by atomic mass is 10.2. The van der Waals surface area contributed by atoms with Gasteiger partial charge in [-0.05, 0) is 6.92 Å². The van der Waals surface area contributed by atoms with Crippen LogP contribution in [0.25, 0.3) is 0 Å². The van der Waals surface area contributed by atoms with Crippen molar-refractivity contribution in [3.8, 4) is 0 Å². The summed E-state index contributed by atoms with van der Waals surface area (Å²) < 4.78 is 1.62. The number of nitrogens with zero attached hydrogens (tertiary/aromatic N) is 1. The molecule has 64 valence electrons. The van der Waals surface area contributed by atoms with Gasteiger partial charge in [-0.3, -0.25) is 4.79 Å². The van der Waals surface area contributed by atoms with Crippen LogP contribution in [0.2, 0.25) is 0 Å². The Morgan fingerprint density at radius 1 is 1.67 bits per heavy atom. The molecule has 0 aromatic carbocycles. The number of rotatable bonds is 2. The third-order valence-electron chi connectivity index (χ3n) is 1.85. The zero-order valence-corrected chi connectivity index (χ0v) is 6.87. The Morgan fingerprint density at radius 2 is 2.25 bits per heavy atom. The smallest absolute Gasteiger partial charge is 0.338 e. The van der Waals surface area contributed by atoms with Crippen molar-refractivity contribution in [2.45, 2.75) is 6.92 Å². The summed E-state index contributed by atoms with van der Waals surface area (Å²) in [4.78, 5) is 21.1. The topological polar surface area (TPSA) is 59.3 Å². The molecule has 0 radical (unpaired) electrons. The summed E-state index contributed by atoms with van der Waals surface area (Å²) in [6.45, 7) is 1.66. The van der Waals surface area contributed by atoms with E-state index >= 15 is 0 Å². The molecular formula is C8H9NO3. The van der Waals surface area contributed by atoms with Crippen LogP contribution in [-0.2, 0) is 7.05 Å². The van der Waals surface area contributed by atoms with Crippen molar-refractivity contribution in [1.82, 2.24) is 4.57 Å². The molecule has 0 amide bonds. The Hall–Kier alpha value is -1.58. The number of aryl methyl sites for hydroxylation is 1. The summed E-state index contributed by atoms with van der Waals surface area (Å²) >= 11 is 0. The minimum atomic E-state index is -1.06. The quantitative estimate of drug-likeness (QED) is 0.664. The lowest BCUT2D eigenvalue weighted by Crippen LogP contribution is -2.01. The maximum Gasteiger partial charge on any atom is 0.338 e. The van der Waals surface area contributed by atoms with Crippen LogP contribution in [0, 0.1) is 6.92 Å². The van der Waals surface area contributed by atoms with E-state index in [2.05, 4.69) is 0 Å². The van der Waals surface area contributed by atoms with Crippen molar-refractivity contribution < 1.29 is 14.7 Å². The third kappa shape index (κ3) is 1.11. The lowest BCUT2D eigenvalue weighted by molar-refractivity contribution is 0.0693. The molecule has 0 aliphatic heterocycles. The summed E-state index contributed by atoms with van der Waals surface area (Å²) in [7, 11) is 1.70. The average Bonchev–Trinajstić information content (AvgIpc) is 2.28. The first-order valence-electron chi connectivity index (χ1n) is 3.42. The average molecular weight is 167 g/mol. The van der Waals surface area contributed by atoms with Gasteiger partial charge in [0.2, 0.25) is 0 Å². The highest BCUT2D eigenvalue weighted by Gasteiger charge is 2.16. The molecule has 1 heterocycles. The van der Waals surface area contributed by atoms with Crippen LogP contribution in [0.1, 0.15) is 26.4 Å². The number of carbonyl (C=O) groups excluding carboxylic acids is 1. The number of aldehydes is 1. The predicted molar refractivity (Wildman–Crippen MR) is 42.5 cm³/mol. The van der Waals surface area contributed by atoms with Crippen LogP contribution in [0.5, 0.6) is 0 Å². The fourth-order valence-electron chi connectivity index (χ4n) is 1.12. The van der Waals surface area contributed by atoms with Gasteiger partial charge >= 0.3 is 5.97 Å². The summed E-state index contributed by atoms with van der Waals surface area (Å²) in [5.41, 5.74) is 0.902. The number of aromatic nitrogens is 1. The van der Waals surface area contributed by atoms with Crippen LogP contribution in [0.4, 0.5) is 0 Å². The van der Waals surface area contributed by atoms with Crippen LogP contribution in [0.15, 0.2) is 6.20 Å². The minimum absolute atomic E-state index is 0.0903. The van der Waals surface area contributed by atoms with Crippen LogP contribution in [-0.4, -0.2) is 21.9 Å². The number of carboxylic acids is 1. The van der Waals surface area contributed by atoms with Gasteiger partial charge in [-0.1, -0.05) is 0 Å². The normalized spacial score (nSPS) is 9.83. The van der Waals surface area contributed by atoms with Gasteiger partial charge in [-0.15, -0.1) is 0 Å². The maximum atomic E-state index is 10.6. The number of hydrogen-bond donors (Lipinski definition) is 1. The SMILES string of the molecule is Cc1c(C(=O)O)c(C=O)cn1C. The third-order valence-corrected chi connectivity index (χ3v) is 1.85. The number of aromatic carboxylic acids is 1. The zero-order chi connectivity index (χ0) is 9.30. The van der Waals surface area contributed by atoms with Gasteiger partial charge in [-0.2, -0.15) is 0 Å². The fraction of sp³-hybridized carbons (Fsp3) is 0.250. The molecule has 4 heteroatoms. The highest BCUT2D eigenvalue weighted by atomic mass is 16.4. The Kier molecular flexibility index (Phi) is 1.99. The molecule has 4 nitrogen and oxygen atoms in total. The van der Waals surface area contributed by atoms with Crippen molar-refractivity contribution in [2.24, 2.45) is 7.05 Å². The van der Waals surface area contributed by atoms with E-state index in [1.165, 1.54) is 6.20 Å². The molecule has 0 atom stereocenters. The van der Waals surface area contributed by atoms with Crippen molar-refractivity contribution in [3.63, 3.8) is 0 Å². The van der Waals surface area contributed by atoms with E-state index < -0.39 is 5.97 Å². The van der Waals surface area contributed by atoms with E-state index in [4.69, 9.17) is 5.11 Å². The first-order chi connectivity index (χ1) is 5.57. The van der Waals surface area contributed by atoms with Crippen LogP contribution < -0.4 is 0 Å². The highest BCUT2D eigenvalue weighted by Crippen LogP contribution is 2.13. The van der Waals surface area contributed by atoms with Crippen LogP contribution in [0.3, 0.4) is 0 Å². The van der Waals surface area contributed by atoms with Gasteiger partial charge in [-0.25, -0.2) is 4.79 Å². The Morgan fingerprint density at radius 3 is 2.58 bits per heavy atom. The van der Waals surface area contributed by atoms with Gasteiger partial charge in [0.25, 0.3) is 0 Å². The molecule has 0 saturated carbocycles. The van der Waals surface area contributed by atoms with E-state index in [9.17, 15) is 9.59 Å². The maximum absolute atomic E-state index is 10.6. The second-order valence-electron chi connectivity index (χ2n) is 2.58. The van der Waals surface area contributed by atoms with Gasteiger partial charge in [0.05, 0.1) is 5.56 Å². The highest BCUT2D eigenvalue weighted by molar-refractivity contribution is 5.98. The Balaban J connectivity index is 3.40. The molecule has 0 spiro atoms. The van der Waals surface area contributed by atoms with Crippen molar-refractivity contribution in [2.75, 3.05) is 0 Å². The van der Waals surface area contributed by atoms with Crippen LogP contribution >= 0.6 is 0 Å².